The van der Waals surface area contributed by atoms with E-state index in [1.165, 1.54) is 13.4 Å². The van der Waals surface area contributed by atoms with Crippen LogP contribution in [0.1, 0.15) is 19.8 Å². The predicted octanol–water partition coefficient (Wildman–Crippen LogP) is 0.990. The summed E-state index contributed by atoms with van der Waals surface area (Å²) in [5, 5.41) is 3.05. The molecule has 0 atom stereocenters. The Balaban J connectivity index is 2.75. The second-order valence-corrected chi connectivity index (χ2v) is 2.89. The zero-order valence-electron chi connectivity index (χ0n) is 8.46. The molecule has 0 saturated carbocycles. The Labute approximate surface area is 82.5 Å². The molecule has 0 fully saturated rings. The van der Waals surface area contributed by atoms with E-state index < -0.39 is 0 Å². The number of rotatable bonds is 5. The summed E-state index contributed by atoms with van der Waals surface area (Å²) >= 11 is 0. The Kier molecular flexibility index (Phi) is 3.97. The van der Waals surface area contributed by atoms with E-state index in [4.69, 9.17) is 4.74 Å². The number of nitrogens with one attached hydrogen (secondary N) is 2. The SMILES string of the molecule is CCCCNc1nc[nH]c(=O)c1OC. The maximum absolute atomic E-state index is 11.2. The minimum atomic E-state index is -0.263. The highest BCUT2D eigenvalue weighted by atomic mass is 16.5. The molecule has 14 heavy (non-hydrogen) atoms. The van der Waals surface area contributed by atoms with Crippen LogP contribution in [0.15, 0.2) is 11.1 Å². The van der Waals surface area contributed by atoms with Crippen LogP contribution in [0.4, 0.5) is 5.82 Å². The van der Waals surface area contributed by atoms with E-state index in [1.807, 2.05) is 0 Å². The largest absolute Gasteiger partial charge is 0.489 e. The van der Waals surface area contributed by atoms with Crippen molar-refractivity contribution in [2.24, 2.45) is 0 Å². The first-order valence-corrected chi connectivity index (χ1v) is 4.65. The van der Waals surface area contributed by atoms with Gasteiger partial charge in [0.25, 0.3) is 5.56 Å². The number of hydrogen-bond acceptors (Lipinski definition) is 4. The maximum atomic E-state index is 11.2. The van der Waals surface area contributed by atoms with Gasteiger partial charge in [0.05, 0.1) is 13.4 Å². The summed E-state index contributed by atoms with van der Waals surface area (Å²) in [7, 11) is 1.46. The fourth-order valence-corrected chi connectivity index (χ4v) is 1.09. The first-order chi connectivity index (χ1) is 6.79. The Morgan fingerprint density at radius 2 is 2.43 bits per heavy atom. The van der Waals surface area contributed by atoms with Crippen molar-refractivity contribution in [2.45, 2.75) is 19.8 Å². The topological polar surface area (TPSA) is 67.0 Å². The van der Waals surface area contributed by atoms with Crippen molar-refractivity contribution in [3.05, 3.63) is 16.7 Å². The van der Waals surface area contributed by atoms with Crippen molar-refractivity contribution in [1.29, 1.82) is 0 Å². The molecular weight excluding hydrogens is 182 g/mol. The molecule has 1 aromatic rings. The van der Waals surface area contributed by atoms with Crippen LogP contribution in [0.3, 0.4) is 0 Å². The molecule has 78 valence electrons. The van der Waals surface area contributed by atoms with Gasteiger partial charge >= 0.3 is 0 Å². The van der Waals surface area contributed by atoms with Crippen molar-refractivity contribution < 1.29 is 4.74 Å². The predicted molar refractivity (Wildman–Crippen MR) is 54.8 cm³/mol. The number of ether oxygens (including phenoxy) is 1. The summed E-state index contributed by atoms with van der Waals surface area (Å²) in [5.74, 6) is 0.744. The van der Waals surface area contributed by atoms with Crippen molar-refractivity contribution in [3.63, 3.8) is 0 Å². The lowest BCUT2D eigenvalue weighted by Crippen LogP contribution is -2.14. The Morgan fingerprint density at radius 3 is 3.07 bits per heavy atom. The quantitative estimate of drug-likeness (QED) is 0.691. The van der Waals surface area contributed by atoms with Crippen molar-refractivity contribution in [2.75, 3.05) is 19.0 Å². The van der Waals surface area contributed by atoms with Crippen LogP contribution in [0.2, 0.25) is 0 Å². The highest BCUT2D eigenvalue weighted by Crippen LogP contribution is 2.13. The normalized spacial score (nSPS) is 9.86. The number of hydrogen-bond donors (Lipinski definition) is 2. The van der Waals surface area contributed by atoms with Gasteiger partial charge < -0.3 is 15.0 Å². The number of H-pyrrole nitrogens is 1. The molecule has 1 heterocycles. The minimum absolute atomic E-state index is 0.239. The summed E-state index contributed by atoms with van der Waals surface area (Å²) < 4.78 is 4.94. The zero-order valence-corrected chi connectivity index (χ0v) is 8.46. The van der Waals surface area contributed by atoms with Gasteiger partial charge in [-0.25, -0.2) is 4.98 Å². The molecule has 0 saturated heterocycles. The van der Waals surface area contributed by atoms with E-state index in [2.05, 4.69) is 22.2 Å². The lowest BCUT2D eigenvalue weighted by Gasteiger charge is -2.07. The standard InChI is InChI=1S/C9H15N3O2/c1-3-4-5-10-8-7(14-2)9(13)12-6-11-8/h6H,3-5H2,1-2H3,(H2,10,11,12,13). The molecule has 0 radical (unpaired) electrons. The molecule has 0 amide bonds. The van der Waals surface area contributed by atoms with Gasteiger partial charge in [0.1, 0.15) is 0 Å². The number of aromatic nitrogens is 2. The molecule has 0 aliphatic rings. The fourth-order valence-electron chi connectivity index (χ4n) is 1.09. The molecular formula is C9H15N3O2. The summed E-state index contributed by atoms with van der Waals surface area (Å²) in [5.41, 5.74) is -0.263. The molecule has 0 spiro atoms. The minimum Gasteiger partial charge on any atom is -0.489 e. The Morgan fingerprint density at radius 1 is 1.64 bits per heavy atom. The third kappa shape index (κ3) is 2.48. The molecule has 2 N–H and O–H groups in total. The lowest BCUT2D eigenvalue weighted by molar-refractivity contribution is 0.408. The van der Waals surface area contributed by atoms with Crippen molar-refractivity contribution in [1.82, 2.24) is 9.97 Å². The summed E-state index contributed by atoms with van der Waals surface area (Å²) in [6.45, 7) is 2.90. The average Bonchev–Trinajstić information content (AvgIpc) is 2.18. The van der Waals surface area contributed by atoms with Gasteiger partial charge in [-0.1, -0.05) is 13.3 Å². The molecule has 0 aliphatic heterocycles. The van der Waals surface area contributed by atoms with Crippen LogP contribution in [0.5, 0.6) is 5.75 Å². The van der Waals surface area contributed by atoms with Crippen LogP contribution in [-0.4, -0.2) is 23.6 Å². The average molecular weight is 197 g/mol. The first-order valence-electron chi connectivity index (χ1n) is 4.65. The Bertz CT molecular complexity index is 335. The third-order valence-electron chi connectivity index (χ3n) is 1.84. The highest BCUT2D eigenvalue weighted by Gasteiger charge is 2.06. The fraction of sp³-hybridized carbons (Fsp3) is 0.556. The van der Waals surface area contributed by atoms with Gasteiger partial charge in [-0.3, -0.25) is 4.79 Å². The van der Waals surface area contributed by atoms with E-state index >= 15 is 0 Å². The molecule has 1 aromatic heterocycles. The molecule has 0 unspecified atom stereocenters. The first kappa shape index (κ1) is 10.6. The molecule has 5 nitrogen and oxygen atoms in total. The second kappa shape index (κ2) is 5.26. The number of unbranched alkanes of at least 4 members (excludes halogenated alkanes) is 1. The van der Waals surface area contributed by atoms with Crippen LogP contribution in [0.25, 0.3) is 0 Å². The highest BCUT2D eigenvalue weighted by molar-refractivity contribution is 5.47. The van der Waals surface area contributed by atoms with E-state index in [-0.39, 0.29) is 11.3 Å². The smallest absolute Gasteiger partial charge is 0.295 e. The van der Waals surface area contributed by atoms with E-state index in [0.717, 1.165) is 19.4 Å². The third-order valence-corrected chi connectivity index (χ3v) is 1.84. The van der Waals surface area contributed by atoms with Gasteiger partial charge in [-0.15, -0.1) is 0 Å². The summed E-state index contributed by atoms with van der Waals surface area (Å²) in [6.07, 6.45) is 3.50. The summed E-state index contributed by atoms with van der Waals surface area (Å²) in [6, 6.07) is 0. The van der Waals surface area contributed by atoms with Crippen molar-refractivity contribution >= 4 is 5.82 Å². The molecule has 0 aromatic carbocycles. The number of methoxy groups -OCH3 is 1. The van der Waals surface area contributed by atoms with E-state index in [1.54, 1.807) is 0 Å². The molecule has 1 rings (SSSR count). The molecule has 0 aliphatic carbocycles. The number of nitrogens with zero attached hydrogens (tertiary/aromatic N) is 1. The van der Waals surface area contributed by atoms with Crippen molar-refractivity contribution in [3.8, 4) is 5.75 Å². The zero-order chi connectivity index (χ0) is 10.4. The molecule has 0 bridgehead atoms. The summed E-state index contributed by atoms with van der Waals surface area (Å²) in [4.78, 5) is 17.7. The van der Waals surface area contributed by atoms with E-state index in [9.17, 15) is 4.79 Å². The van der Waals surface area contributed by atoms with E-state index in [0.29, 0.717) is 5.82 Å². The lowest BCUT2D eigenvalue weighted by atomic mass is 10.3. The number of anilines is 1. The van der Waals surface area contributed by atoms with Gasteiger partial charge in [-0.2, -0.15) is 0 Å². The van der Waals surface area contributed by atoms with Gasteiger partial charge in [0, 0.05) is 6.54 Å². The molecule has 5 heteroatoms. The number of aromatic amines is 1. The van der Waals surface area contributed by atoms with Gasteiger partial charge in [-0.05, 0) is 6.42 Å². The van der Waals surface area contributed by atoms with Gasteiger partial charge in [0.15, 0.2) is 5.82 Å². The van der Waals surface area contributed by atoms with Crippen LogP contribution >= 0.6 is 0 Å². The van der Waals surface area contributed by atoms with Gasteiger partial charge in [0.2, 0.25) is 5.75 Å². The second-order valence-electron chi connectivity index (χ2n) is 2.89. The Hall–Kier alpha value is -1.52. The van der Waals surface area contributed by atoms with Crippen LogP contribution in [-0.2, 0) is 0 Å². The van der Waals surface area contributed by atoms with Crippen LogP contribution < -0.4 is 15.6 Å². The van der Waals surface area contributed by atoms with Crippen LogP contribution in [0, 0.1) is 0 Å². The maximum Gasteiger partial charge on any atom is 0.295 e. The monoisotopic (exact) mass is 197 g/mol.